The fourth-order valence-electron chi connectivity index (χ4n) is 2.89. The SMILES string of the molecule is CC(C)(O)CC1CCCCN1Cc1ccccc1. The average molecular weight is 247 g/mol. The second-order valence-corrected chi connectivity index (χ2v) is 6.12. The Morgan fingerprint density at radius 1 is 1.22 bits per heavy atom. The number of hydrogen-bond acceptors (Lipinski definition) is 2. The summed E-state index contributed by atoms with van der Waals surface area (Å²) in [6, 6.07) is 11.2. The highest BCUT2D eigenvalue weighted by atomic mass is 16.3. The first-order valence-electron chi connectivity index (χ1n) is 7.05. The molecule has 0 aliphatic carbocycles. The molecule has 1 aromatic carbocycles. The molecule has 0 aromatic heterocycles. The van der Waals surface area contributed by atoms with Gasteiger partial charge in [0, 0.05) is 12.6 Å². The van der Waals surface area contributed by atoms with Crippen LogP contribution in [0.4, 0.5) is 0 Å². The lowest BCUT2D eigenvalue weighted by atomic mass is 9.91. The molecule has 1 aliphatic heterocycles. The van der Waals surface area contributed by atoms with E-state index >= 15 is 0 Å². The van der Waals surface area contributed by atoms with Crippen molar-refractivity contribution < 1.29 is 5.11 Å². The van der Waals surface area contributed by atoms with Crippen molar-refractivity contribution in [2.75, 3.05) is 6.54 Å². The molecule has 0 spiro atoms. The normalized spacial score (nSPS) is 22.1. The van der Waals surface area contributed by atoms with Crippen LogP contribution < -0.4 is 0 Å². The smallest absolute Gasteiger partial charge is 0.0606 e. The summed E-state index contributed by atoms with van der Waals surface area (Å²) < 4.78 is 0. The predicted molar refractivity (Wildman–Crippen MR) is 75.4 cm³/mol. The molecule has 0 radical (unpaired) electrons. The van der Waals surface area contributed by atoms with E-state index in [-0.39, 0.29) is 0 Å². The van der Waals surface area contributed by atoms with Gasteiger partial charge in [-0.05, 0) is 45.2 Å². The van der Waals surface area contributed by atoms with Crippen LogP contribution in [0.5, 0.6) is 0 Å². The Kier molecular flexibility index (Phi) is 4.41. The maximum Gasteiger partial charge on any atom is 0.0606 e. The van der Waals surface area contributed by atoms with Crippen LogP contribution >= 0.6 is 0 Å². The molecule has 100 valence electrons. The Bertz CT molecular complexity index is 355. The van der Waals surface area contributed by atoms with Crippen LogP contribution in [0.15, 0.2) is 30.3 Å². The van der Waals surface area contributed by atoms with E-state index < -0.39 is 5.60 Å². The summed E-state index contributed by atoms with van der Waals surface area (Å²) in [5.41, 5.74) is 0.817. The highest BCUT2D eigenvalue weighted by Crippen LogP contribution is 2.26. The van der Waals surface area contributed by atoms with Gasteiger partial charge in [-0.15, -0.1) is 0 Å². The summed E-state index contributed by atoms with van der Waals surface area (Å²) >= 11 is 0. The van der Waals surface area contributed by atoms with Crippen molar-refractivity contribution in [2.24, 2.45) is 0 Å². The van der Waals surface area contributed by atoms with Crippen LogP contribution in [-0.2, 0) is 6.54 Å². The first kappa shape index (κ1) is 13.6. The molecule has 1 heterocycles. The van der Waals surface area contributed by atoms with E-state index in [1.165, 1.54) is 24.8 Å². The van der Waals surface area contributed by atoms with Gasteiger partial charge in [-0.25, -0.2) is 0 Å². The Balaban J connectivity index is 2.00. The van der Waals surface area contributed by atoms with E-state index in [9.17, 15) is 5.11 Å². The second-order valence-electron chi connectivity index (χ2n) is 6.12. The molecule has 1 fully saturated rings. The lowest BCUT2D eigenvalue weighted by Crippen LogP contribution is -2.43. The largest absolute Gasteiger partial charge is 0.390 e. The zero-order chi connectivity index (χ0) is 13.0. The minimum Gasteiger partial charge on any atom is -0.390 e. The number of aliphatic hydroxyl groups is 1. The third-order valence-electron chi connectivity index (χ3n) is 3.71. The summed E-state index contributed by atoms with van der Waals surface area (Å²) in [4.78, 5) is 2.54. The van der Waals surface area contributed by atoms with Crippen molar-refractivity contribution in [1.82, 2.24) is 4.90 Å². The molecule has 1 aromatic rings. The Morgan fingerprint density at radius 2 is 1.94 bits per heavy atom. The second kappa shape index (κ2) is 5.85. The van der Waals surface area contributed by atoms with Gasteiger partial charge in [0.15, 0.2) is 0 Å². The van der Waals surface area contributed by atoms with Crippen LogP contribution in [0.25, 0.3) is 0 Å². The predicted octanol–water partition coefficient (Wildman–Crippen LogP) is 3.20. The van der Waals surface area contributed by atoms with Crippen molar-refractivity contribution in [2.45, 2.75) is 57.7 Å². The topological polar surface area (TPSA) is 23.5 Å². The molecule has 0 bridgehead atoms. The first-order valence-corrected chi connectivity index (χ1v) is 7.05. The van der Waals surface area contributed by atoms with Gasteiger partial charge in [-0.2, -0.15) is 0 Å². The number of rotatable bonds is 4. The van der Waals surface area contributed by atoms with Crippen LogP contribution in [0.1, 0.15) is 45.1 Å². The molecule has 1 aliphatic rings. The fraction of sp³-hybridized carbons (Fsp3) is 0.625. The average Bonchev–Trinajstić information content (AvgIpc) is 2.31. The van der Waals surface area contributed by atoms with Crippen LogP contribution in [0, 0.1) is 0 Å². The molecule has 1 unspecified atom stereocenters. The maximum absolute atomic E-state index is 10.0. The summed E-state index contributed by atoms with van der Waals surface area (Å²) in [7, 11) is 0. The zero-order valence-corrected chi connectivity index (χ0v) is 11.6. The van der Waals surface area contributed by atoms with Crippen molar-refractivity contribution in [3.8, 4) is 0 Å². The number of hydrogen-bond donors (Lipinski definition) is 1. The third kappa shape index (κ3) is 4.11. The first-order chi connectivity index (χ1) is 8.54. The Hall–Kier alpha value is -0.860. The van der Waals surface area contributed by atoms with Crippen molar-refractivity contribution in [1.29, 1.82) is 0 Å². The number of benzene rings is 1. The lowest BCUT2D eigenvalue weighted by Gasteiger charge is -2.38. The standard InChI is InChI=1S/C16H25NO/c1-16(2,18)12-15-10-6-7-11-17(15)13-14-8-4-3-5-9-14/h3-5,8-9,15,18H,6-7,10-13H2,1-2H3. The molecule has 1 saturated heterocycles. The van der Waals surface area contributed by atoms with Gasteiger partial charge in [0.05, 0.1) is 5.60 Å². The van der Waals surface area contributed by atoms with Gasteiger partial charge >= 0.3 is 0 Å². The molecular weight excluding hydrogens is 222 g/mol. The lowest BCUT2D eigenvalue weighted by molar-refractivity contribution is 0.0191. The Morgan fingerprint density at radius 3 is 2.61 bits per heavy atom. The quantitative estimate of drug-likeness (QED) is 0.883. The van der Waals surface area contributed by atoms with Gasteiger partial charge < -0.3 is 5.11 Å². The van der Waals surface area contributed by atoms with E-state index in [0.29, 0.717) is 6.04 Å². The van der Waals surface area contributed by atoms with Gasteiger partial charge in [-0.3, -0.25) is 4.90 Å². The molecule has 1 atom stereocenters. The summed E-state index contributed by atoms with van der Waals surface area (Å²) in [6.07, 6.45) is 4.68. The molecular formula is C16H25NO. The van der Waals surface area contributed by atoms with E-state index in [1.54, 1.807) is 0 Å². The van der Waals surface area contributed by atoms with Gasteiger partial charge in [0.25, 0.3) is 0 Å². The highest BCUT2D eigenvalue weighted by Gasteiger charge is 2.27. The molecule has 2 heteroatoms. The molecule has 0 saturated carbocycles. The number of nitrogens with zero attached hydrogens (tertiary/aromatic N) is 1. The maximum atomic E-state index is 10.0. The zero-order valence-electron chi connectivity index (χ0n) is 11.6. The fourth-order valence-corrected chi connectivity index (χ4v) is 2.89. The van der Waals surface area contributed by atoms with E-state index in [0.717, 1.165) is 19.5 Å². The van der Waals surface area contributed by atoms with E-state index in [4.69, 9.17) is 0 Å². The van der Waals surface area contributed by atoms with Crippen molar-refractivity contribution >= 4 is 0 Å². The van der Waals surface area contributed by atoms with Crippen molar-refractivity contribution in [3.05, 3.63) is 35.9 Å². The van der Waals surface area contributed by atoms with Gasteiger partial charge in [-0.1, -0.05) is 36.8 Å². The molecule has 0 amide bonds. The summed E-state index contributed by atoms with van der Waals surface area (Å²) in [6.45, 7) is 6.02. The third-order valence-corrected chi connectivity index (χ3v) is 3.71. The van der Waals surface area contributed by atoms with Crippen molar-refractivity contribution in [3.63, 3.8) is 0 Å². The molecule has 1 N–H and O–H groups in total. The minimum absolute atomic E-state index is 0.527. The van der Waals surface area contributed by atoms with E-state index in [1.807, 2.05) is 13.8 Å². The highest BCUT2D eigenvalue weighted by molar-refractivity contribution is 5.14. The monoisotopic (exact) mass is 247 g/mol. The van der Waals surface area contributed by atoms with Crippen LogP contribution in [-0.4, -0.2) is 28.2 Å². The van der Waals surface area contributed by atoms with Gasteiger partial charge in [0.1, 0.15) is 0 Å². The Labute approximate surface area is 111 Å². The number of piperidine rings is 1. The van der Waals surface area contributed by atoms with Gasteiger partial charge in [0.2, 0.25) is 0 Å². The number of likely N-dealkylation sites (tertiary alicyclic amines) is 1. The molecule has 2 nitrogen and oxygen atoms in total. The minimum atomic E-state index is -0.559. The van der Waals surface area contributed by atoms with Crippen LogP contribution in [0.2, 0.25) is 0 Å². The van der Waals surface area contributed by atoms with Crippen LogP contribution in [0.3, 0.4) is 0 Å². The molecule has 18 heavy (non-hydrogen) atoms. The molecule has 2 rings (SSSR count). The summed E-state index contributed by atoms with van der Waals surface area (Å²) in [5, 5.41) is 10.0. The van der Waals surface area contributed by atoms with E-state index in [2.05, 4.69) is 35.2 Å². The summed E-state index contributed by atoms with van der Waals surface area (Å²) in [5.74, 6) is 0.